The fourth-order valence-corrected chi connectivity index (χ4v) is 4.46. The number of amides is 1. The van der Waals surface area contributed by atoms with Crippen molar-refractivity contribution < 1.29 is 22.4 Å². The molecule has 3 rings (SSSR count). The molecule has 2 aromatic rings. The van der Waals surface area contributed by atoms with Gasteiger partial charge in [0.2, 0.25) is 10.0 Å². The molecule has 1 fully saturated rings. The molecule has 1 aromatic carbocycles. The third-order valence-corrected chi connectivity index (χ3v) is 6.47. The Kier molecular flexibility index (Phi) is 5.33. The zero-order valence-electron chi connectivity index (χ0n) is 14.8. The lowest BCUT2D eigenvalue weighted by molar-refractivity contribution is 0.0895. The minimum Gasteiger partial charge on any atom is -0.497 e. The Morgan fingerprint density at radius 3 is 2.38 bits per heavy atom. The summed E-state index contributed by atoms with van der Waals surface area (Å²) in [5.74, 6) is 0.654. The van der Waals surface area contributed by atoms with Crippen LogP contribution in [0.2, 0.25) is 0 Å². The highest BCUT2D eigenvalue weighted by Gasteiger charge is 2.30. The Hall–Kier alpha value is -2.32. The molecule has 1 N–H and O–H groups in total. The Balaban J connectivity index is 1.60. The van der Waals surface area contributed by atoms with Crippen molar-refractivity contribution in [1.82, 2.24) is 9.62 Å². The summed E-state index contributed by atoms with van der Waals surface area (Å²) in [5, 5.41) is 2.92. The summed E-state index contributed by atoms with van der Waals surface area (Å²) in [7, 11) is -2.01. The molecule has 0 unspecified atom stereocenters. The van der Waals surface area contributed by atoms with Crippen molar-refractivity contribution in [3.63, 3.8) is 0 Å². The smallest absolute Gasteiger partial charge is 0.287 e. The van der Waals surface area contributed by atoms with E-state index in [2.05, 4.69) is 5.32 Å². The summed E-state index contributed by atoms with van der Waals surface area (Å²) in [6, 6.07) is 8.01. The molecule has 7 nitrogen and oxygen atoms in total. The van der Waals surface area contributed by atoms with Crippen molar-refractivity contribution in [2.75, 3.05) is 20.2 Å². The van der Waals surface area contributed by atoms with Crippen molar-refractivity contribution in [2.45, 2.75) is 30.7 Å². The normalized spacial score (nSPS) is 16.4. The molecule has 0 aliphatic carbocycles. The molecule has 26 heavy (non-hydrogen) atoms. The first kappa shape index (κ1) is 18.5. The minimum absolute atomic E-state index is 0.0747. The third-order valence-electron chi connectivity index (χ3n) is 4.55. The Morgan fingerprint density at radius 1 is 1.19 bits per heavy atom. The van der Waals surface area contributed by atoms with Crippen molar-refractivity contribution in [2.24, 2.45) is 0 Å². The summed E-state index contributed by atoms with van der Waals surface area (Å²) in [4.78, 5) is 12.4. The molecular formula is C18H22N2O5S. The average molecular weight is 378 g/mol. The molecule has 0 saturated carbocycles. The van der Waals surface area contributed by atoms with Crippen LogP contribution in [0.5, 0.6) is 5.75 Å². The first-order valence-electron chi connectivity index (χ1n) is 8.41. The zero-order valence-corrected chi connectivity index (χ0v) is 15.6. The van der Waals surface area contributed by atoms with Crippen LogP contribution in [0.4, 0.5) is 0 Å². The number of rotatable bonds is 5. The highest BCUT2D eigenvalue weighted by molar-refractivity contribution is 7.89. The van der Waals surface area contributed by atoms with Crippen LogP contribution < -0.4 is 10.1 Å². The fraction of sp³-hybridized carbons (Fsp3) is 0.389. The van der Waals surface area contributed by atoms with Crippen LogP contribution in [0, 0.1) is 6.92 Å². The lowest BCUT2D eigenvalue weighted by Crippen LogP contribution is -2.46. The molecule has 8 heteroatoms. The maximum Gasteiger partial charge on any atom is 0.287 e. The quantitative estimate of drug-likeness (QED) is 0.861. The molecule has 0 spiro atoms. The van der Waals surface area contributed by atoms with Gasteiger partial charge < -0.3 is 14.5 Å². The van der Waals surface area contributed by atoms with E-state index in [0.29, 0.717) is 37.4 Å². The van der Waals surface area contributed by atoms with Gasteiger partial charge in [-0.15, -0.1) is 0 Å². The number of hydrogen-bond donors (Lipinski definition) is 1. The fourth-order valence-electron chi connectivity index (χ4n) is 2.99. The van der Waals surface area contributed by atoms with E-state index in [-0.39, 0.29) is 16.8 Å². The number of methoxy groups -OCH3 is 1. The number of sulfonamides is 1. The van der Waals surface area contributed by atoms with Crippen LogP contribution >= 0.6 is 0 Å². The van der Waals surface area contributed by atoms with Crippen LogP contribution in [0.1, 0.15) is 29.0 Å². The van der Waals surface area contributed by atoms with Crippen molar-refractivity contribution >= 4 is 15.9 Å². The van der Waals surface area contributed by atoms with E-state index in [4.69, 9.17) is 9.15 Å². The van der Waals surface area contributed by atoms with E-state index in [1.165, 1.54) is 17.7 Å². The van der Waals surface area contributed by atoms with Gasteiger partial charge in [0, 0.05) is 24.7 Å². The molecule has 1 aliphatic heterocycles. The number of piperidine rings is 1. The second kappa shape index (κ2) is 7.51. The standard InChI is InChI=1S/C18H22N2O5S/c1-13-9-12-25-17(13)18(21)19-14-7-10-20(11-8-14)26(22,23)16-5-3-15(24-2)4-6-16/h3-6,9,12,14H,7-8,10-11H2,1-2H3,(H,19,21). The van der Waals surface area contributed by atoms with Crippen molar-refractivity contribution in [3.05, 3.63) is 47.9 Å². The zero-order chi connectivity index (χ0) is 18.7. The van der Waals surface area contributed by atoms with Gasteiger partial charge in [0.05, 0.1) is 18.3 Å². The van der Waals surface area contributed by atoms with Gasteiger partial charge in [-0.2, -0.15) is 4.31 Å². The molecule has 0 bridgehead atoms. The number of benzene rings is 1. The predicted molar refractivity (Wildman–Crippen MR) is 95.7 cm³/mol. The van der Waals surface area contributed by atoms with E-state index in [0.717, 1.165) is 5.56 Å². The minimum atomic E-state index is -3.54. The van der Waals surface area contributed by atoms with E-state index in [1.54, 1.807) is 30.3 Å². The van der Waals surface area contributed by atoms with Crippen LogP contribution in [0.25, 0.3) is 0 Å². The first-order chi connectivity index (χ1) is 12.4. The number of furan rings is 1. The SMILES string of the molecule is COc1ccc(S(=O)(=O)N2CCC(NC(=O)c3occc3C)CC2)cc1. The van der Waals surface area contributed by atoms with Crippen LogP contribution in [0.15, 0.2) is 45.9 Å². The van der Waals surface area contributed by atoms with Gasteiger partial charge >= 0.3 is 0 Å². The molecule has 1 amide bonds. The van der Waals surface area contributed by atoms with Gasteiger partial charge in [-0.1, -0.05) is 0 Å². The highest BCUT2D eigenvalue weighted by Crippen LogP contribution is 2.23. The number of carbonyl (C=O) groups excluding carboxylic acids is 1. The third kappa shape index (κ3) is 3.76. The van der Waals surface area contributed by atoms with Gasteiger partial charge in [0.1, 0.15) is 5.75 Å². The molecule has 1 saturated heterocycles. The number of ether oxygens (including phenoxy) is 1. The predicted octanol–water partition coefficient (Wildman–Crippen LogP) is 2.18. The van der Waals surface area contributed by atoms with Crippen molar-refractivity contribution in [3.8, 4) is 5.75 Å². The van der Waals surface area contributed by atoms with Gasteiger partial charge in [0.25, 0.3) is 5.91 Å². The number of aryl methyl sites for hydroxylation is 1. The largest absolute Gasteiger partial charge is 0.497 e. The van der Waals surface area contributed by atoms with Gasteiger partial charge in [0.15, 0.2) is 5.76 Å². The molecule has 2 heterocycles. The van der Waals surface area contributed by atoms with E-state index >= 15 is 0 Å². The van der Waals surface area contributed by atoms with Crippen LogP contribution in [0.3, 0.4) is 0 Å². The molecular weight excluding hydrogens is 356 g/mol. The average Bonchev–Trinajstić information content (AvgIpc) is 3.08. The number of carbonyl (C=O) groups is 1. The van der Waals surface area contributed by atoms with Gasteiger partial charge in [-0.3, -0.25) is 4.79 Å². The first-order valence-corrected chi connectivity index (χ1v) is 9.85. The van der Waals surface area contributed by atoms with Crippen LogP contribution in [-0.4, -0.2) is 44.9 Å². The monoisotopic (exact) mass is 378 g/mol. The molecule has 0 radical (unpaired) electrons. The van der Waals surface area contributed by atoms with Gasteiger partial charge in [-0.25, -0.2) is 8.42 Å². The summed E-state index contributed by atoms with van der Waals surface area (Å²) in [5.41, 5.74) is 0.780. The Bertz CT molecular complexity index is 865. The van der Waals surface area contributed by atoms with E-state index in [9.17, 15) is 13.2 Å². The lowest BCUT2D eigenvalue weighted by atomic mass is 10.1. The lowest BCUT2D eigenvalue weighted by Gasteiger charge is -2.31. The van der Waals surface area contributed by atoms with Gasteiger partial charge in [-0.05, 0) is 50.1 Å². The van der Waals surface area contributed by atoms with E-state index < -0.39 is 10.0 Å². The Morgan fingerprint density at radius 2 is 1.85 bits per heavy atom. The molecule has 1 aromatic heterocycles. The Labute approximate surface area is 153 Å². The number of nitrogens with one attached hydrogen (secondary N) is 1. The molecule has 0 atom stereocenters. The second-order valence-electron chi connectivity index (χ2n) is 6.26. The molecule has 1 aliphatic rings. The van der Waals surface area contributed by atoms with Crippen LogP contribution in [-0.2, 0) is 10.0 Å². The maximum absolute atomic E-state index is 12.7. The number of hydrogen-bond acceptors (Lipinski definition) is 5. The summed E-state index contributed by atoms with van der Waals surface area (Å²) in [6.07, 6.45) is 2.59. The highest BCUT2D eigenvalue weighted by atomic mass is 32.2. The maximum atomic E-state index is 12.7. The number of nitrogens with zero attached hydrogens (tertiary/aromatic N) is 1. The summed E-state index contributed by atoms with van der Waals surface area (Å²) in [6.45, 7) is 2.52. The second-order valence-corrected chi connectivity index (χ2v) is 8.20. The van der Waals surface area contributed by atoms with E-state index in [1.807, 2.05) is 6.92 Å². The summed E-state index contributed by atoms with van der Waals surface area (Å²) < 4.78 is 37.2. The molecule has 140 valence electrons. The van der Waals surface area contributed by atoms with Crippen molar-refractivity contribution in [1.29, 1.82) is 0 Å². The summed E-state index contributed by atoms with van der Waals surface area (Å²) >= 11 is 0. The topological polar surface area (TPSA) is 88.9 Å².